The van der Waals surface area contributed by atoms with Crippen molar-refractivity contribution < 1.29 is 18.0 Å². The van der Waals surface area contributed by atoms with Crippen molar-refractivity contribution >= 4 is 27.5 Å². The lowest BCUT2D eigenvalue weighted by Gasteiger charge is -2.31. The molecule has 7 nitrogen and oxygen atoms in total. The fourth-order valence-corrected chi connectivity index (χ4v) is 5.19. The van der Waals surface area contributed by atoms with Crippen molar-refractivity contribution in [1.29, 1.82) is 0 Å². The van der Waals surface area contributed by atoms with Gasteiger partial charge in [0.25, 0.3) is 0 Å². The molecule has 8 heteroatoms. The van der Waals surface area contributed by atoms with E-state index < -0.39 is 16.1 Å². The molecule has 0 saturated carbocycles. The fraction of sp³-hybridized carbons (Fsp3) is 0.517. The van der Waals surface area contributed by atoms with Gasteiger partial charge >= 0.3 is 0 Å². The molecule has 0 radical (unpaired) electrons. The summed E-state index contributed by atoms with van der Waals surface area (Å²) >= 11 is 0. The minimum atomic E-state index is -3.51. The van der Waals surface area contributed by atoms with Gasteiger partial charge < -0.3 is 10.2 Å². The third-order valence-corrected chi connectivity index (χ3v) is 7.53. The van der Waals surface area contributed by atoms with Crippen LogP contribution < -0.4 is 9.62 Å². The van der Waals surface area contributed by atoms with Gasteiger partial charge in [-0.2, -0.15) is 0 Å². The average molecular weight is 530 g/mol. The van der Waals surface area contributed by atoms with E-state index in [9.17, 15) is 18.0 Å². The van der Waals surface area contributed by atoms with E-state index in [1.165, 1.54) is 10.6 Å². The van der Waals surface area contributed by atoms with E-state index in [0.29, 0.717) is 44.0 Å². The summed E-state index contributed by atoms with van der Waals surface area (Å²) in [5, 5.41) is 2.97. The molecule has 37 heavy (non-hydrogen) atoms. The predicted octanol–water partition coefficient (Wildman–Crippen LogP) is 4.42. The number of rotatable bonds is 15. The van der Waals surface area contributed by atoms with Crippen LogP contribution in [0.25, 0.3) is 0 Å². The molecule has 2 aromatic carbocycles. The minimum absolute atomic E-state index is 0.141. The zero-order valence-electron chi connectivity index (χ0n) is 22.9. The number of hydrogen-bond acceptors (Lipinski definition) is 4. The second-order valence-electron chi connectivity index (χ2n) is 9.84. The van der Waals surface area contributed by atoms with Gasteiger partial charge in [-0.1, -0.05) is 70.2 Å². The van der Waals surface area contributed by atoms with E-state index in [2.05, 4.69) is 5.32 Å². The molecule has 2 amide bonds. The van der Waals surface area contributed by atoms with Gasteiger partial charge in [0, 0.05) is 26.1 Å². The second kappa shape index (κ2) is 14.8. The van der Waals surface area contributed by atoms with Gasteiger partial charge in [-0.15, -0.1) is 0 Å². The summed E-state index contributed by atoms with van der Waals surface area (Å²) in [7, 11) is -3.51. The Kier molecular flexibility index (Phi) is 12.1. The summed E-state index contributed by atoms with van der Waals surface area (Å²) < 4.78 is 26.4. The normalized spacial score (nSPS) is 12.3. The highest BCUT2D eigenvalue weighted by Crippen LogP contribution is 2.20. The number of aryl methyl sites for hydroxylation is 1. The lowest BCUT2D eigenvalue weighted by atomic mass is 10.1. The summed E-state index contributed by atoms with van der Waals surface area (Å²) in [4.78, 5) is 28.1. The van der Waals surface area contributed by atoms with Crippen LogP contribution >= 0.6 is 0 Å². The average Bonchev–Trinajstić information content (AvgIpc) is 2.87. The lowest BCUT2D eigenvalue weighted by molar-refractivity contribution is -0.140. The first kappa shape index (κ1) is 30.4. The highest BCUT2D eigenvalue weighted by atomic mass is 32.2. The van der Waals surface area contributed by atoms with Crippen molar-refractivity contribution in [2.45, 2.75) is 65.8 Å². The number of sulfonamides is 1. The molecule has 1 atom stereocenters. The molecule has 0 aliphatic rings. The van der Waals surface area contributed by atoms with E-state index in [1.54, 1.807) is 17.0 Å². The van der Waals surface area contributed by atoms with Gasteiger partial charge in [0.1, 0.15) is 6.04 Å². The molecular formula is C29H43N3O4S. The molecule has 0 spiro atoms. The quantitative estimate of drug-likeness (QED) is 0.370. The Bertz CT molecular complexity index is 1090. The van der Waals surface area contributed by atoms with Crippen molar-refractivity contribution in [1.82, 2.24) is 10.2 Å². The molecule has 0 heterocycles. The van der Waals surface area contributed by atoms with Crippen molar-refractivity contribution in [3.05, 3.63) is 65.7 Å². The Morgan fingerprint density at radius 1 is 0.919 bits per heavy atom. The van der Waals surface area contributed by atoms with Crippen LogP contribution in [0.4, 0.5) is 5.69 Å². The number of carbonyl (C=O) groups excluding carboxylic acids is 2. The summed E-state index contributed by atoms with van der Waals surface area (Å²) in [6.45, 7) is 9.19. The largest absolute Gasteiger partial charge is 0.354 e. The van der Waals surface area contributed by atoms with Crippen molar-refractivity contribution in [3.8, 4) is 0 Å². The number of nitrogens with one attached hydrogen (secondary N) is 1. The highest BCUT2D eigenvalue weighted by molar-refractivity contribution is 7.92. The molecule has 0 aliphatic carbocycles. The molecule has 1 N–H and O–H groups in total. The number of anilines is 1. The van der Waals surface area contributed by atoms with Gasteiger partial charge in [0.05, 0.1) is 11.9 Å². The zero-order chi connectivity index (χ0) is 27.4. The maximum absolute atomic E-state index is 13.4. The van der Waals surface area contributed by atoms with Gasteiger partial charge in [0.2, 0.25) is 21.8 Å². The third kappa shape index (κ3) is 9.84. The number of benzene rings is 2. The first-order chi connectivity index (χ1) is 17.6. The van der Waals surface area contributed by atoms with Crippen LogP contribution in [0, 0.1) is 5.92 Å². The van der Waals surface area contributed by atoms with E-state index in [4.69, 9.17) is 0 Å². The smallest absolute Gasteiger partial charge is 0.242 e. The maximum atomic E-state index is 13.4. The molecule has 0 fully saturated rings. The lowest BCUT2D eigenvalue weighted by Crippen LogP contribution is -2.50. The van der Waals surface area contributed by atoms with Gasteiger partial charge in [-0.3, -0.25) is 13.9 Å². The predicted molar refractivity (Wildman–Crippen MR) is 151 cm³/mol. The van der Waals surface area contributed by atoms with Crippen LogP contribution in [0.3, 0.4) is 0 Å². The van der Waals surface area contributed by atoms with Crippen LogP contribution in [0.2, 0.25) is 0 Å². The number of amides is 2. The van der Waals surface area contributed by atoms with Crippen LogP contribution in [0.5, 0.6) is 0 Å². The number of nitrogens with zero attached hydrogens (tertiary/aromatic N) is 2. The van der Waals surface area contributed by atoms with Crippen molar-refractivity contribution in [2.75, 3.05) is 30.2 Å². The Labute approximate surface area is 223 Å². The summed E-state index contributed by atoms with van der Waals surface area (Å²) in [5.41, 5.74) is 2.81. The topological polar surface area (TPSA) is 86.8 Å². The fourth-order valence-electron chi connectivity index (χ4n) is 4.22. The van der Waals surface area contributed by atoms with Crippen LogP contribution in [-0.4, -0.2) is 57.1 Å². The third-order valence-electron chi connectivity index (χ3n) is 6.34. The van der Waals surface area contributed by atoms with Crippen molar-refractivity contribution in [2.24, 2.45) is 5.92 Å². The molecule has 0 unspecified atom stereocenters. The maximum Gasteiger partial charge on any atom is 0.242 e. The molecular weight excluding hydrogens is 486 g/mol. The van der Waals surface area contributed by atoms with E-state index in [0.717, 1.165) is 17.5 Å². The van der Waals surface area contributed by atoms with E-state index >= 15 is 0 Å². The standard InChI is InChI=1S/C29H43N3O4S/c1-6-24-15-17-26(18-16-24)32(37(5,35)36)20-11-14-28(33)31(21-19-25-12-9-8-10-13-25)27(7-2)29(34)30-22-23(3)4/h8-10,12-13,15-18,23,27H,6-7,11,14,19-22H2,1-5H3,(H,30,34)/t27-/m0/s1. The van der Waals surface area contributed by atoms with Crippen LogP contribution in [0.15, 0.2) is 54.6 Å². The van der Waals surface area contributed by atoms with Crippen LogP contribution in [-0.2, 0) is 32.5 Å². The Morgan fingerprint density at radius 3 is 2.11 bits per heavy atom. The molecule has 0 aromatic heterocycles. The molecule has 0 aliphatic heterocycles. The van der Waals surface area contributed by atoms with Crippen LogP contribution in [0.1, 0.15) is 58.1 Å². The summed E-state index contributed by atoms with van der Waals surface area (Å²) in [6, 6.07) is 16.8. The summed E-state index contributed by atoms with van der Waals surface area (Å²) in [5.74, 6) is 0.0203. The first-order valence-electron chi connectivity index (χ1n) is 13.2. The molecule has 204 valence electrons. The van der Waals surface area contributed by atoms with Gasteiger partial charge in [-0.25, -0.2) is 8.42 Å². The first-order valence-corrected chi connectivity index (χ1v) is 15.1. The summed E-state index contributed by atoms with van der Waals surface area (Å²) in [6.07, 6.45) is 3.70. The number of hydrogen-bond donors (Lipinski definition) is 1. The molecule has 0 saturated heterocycles. The Balaban J connectivity index is 2.14. The van der Waals surface area contributed by atoms with E-state index in [-0.39, 0.29) is 24.8 Å². The highest BCUT2D eigenvalue weighted by Gasteiger charge is 2.28. The number of carbonyl (C=O) groups is 2. The van der Waals surface area contributed by atoms with Crippen molar-refractivity contribution in [3.63, 3.8) is 0 Å². The Hall–Kier alpha value is -2.87. The molecule has 0 bridgehead atoms. The van der Waals surface area contributed by atoms with Gasteiger partial charge in [0.15, 0.2) is 0 Å². The molecule has 2 rings (SSSR count). The minimum Gasteiger partial charge on any atom is -0.354 e. The molecule has 2 aromatic rings. The Morgan fingerprint density at radius 2 is 1.57 bits per heavy atom. The monoisotopic (exact) mass is 529 g/mol. The van der Waals surface area contributed by atoms with E-state index in [1.807, 2.05) is 70.2 Å². The van der Waals surface area contributed by atoms with Gasteiger partial charge in [-0.05, 0) is 54.9 Å². The zero-order valence-corrected chi connectivity index (χ0v) is 23.8. The second-order valence-corrected chi connectivity index (χ2v) is 11.8. The SMILES string of the molecule is CCc1ccc(N(CCCC(=O)N(CCc2ccccc2)[C@@H](CC)C(=O)NCC(C)C)S(C)(=O)=O)cc1.